The molecule has 3 fully saturated rings. The number of aromatic hydroxyl groups is 1. The van der Waals surface area contributed by atoms with E-state index in [0.29, 0.717) is 28.7 Å². The van der Waals surface area contributed by atoms with Gasteiger partial charge in [0.2, 0.25) is 23.6 Å². The maximum Gasteiger partial charge on any atom is 0.241 e. The molecule has 4 aliphatic rings. The number of hydrogen-bond donors (Lipinski definition) is 2. The average Bonchev–Trinajstić information content (AvgIpc) is 3.52. The normalized spacial score (nSPS) is 26.9. The van der Waals surface area contributed by atoms with Crippen LogP contribution in [0.2, 0.25) is 0 Å². The van der Waals surface area contributed by atoms with E-state index in [4.69, 9.17) is 0 Å². The Morgan fingerprint density at radius 1 is 0.667 bits per heavy atom. The number of carbonyl (C=O) groups excluding carboxylic acids is 4. The molecule has 2 aliphatic heterocycles. The number of amides is 4. The molecule has 0 spiro atoms. The molecule has 2 saturated heterocycles. The molecule has 8 heteroatoms. The van der Waals surface area contributed by atoms with Gasteiger partial charge in [-0.3, -0.25) is 24.1 Å². The van der Waals surface area contributed by atoms with E-state index in [-0.39, 0.29) is 35.8 Å². The molecule has 1 saturated carbocycles. The summed E-state index contributed by atoms with van der Waals surface area (Å²) in [7, 11) is 0. The molecular formula is C43H35N3O5. The Balaban J connectivity index is 1.13. The van der Waals surface area contributed by atoms with Crippen molar-refractivity contribution < 1.29 is 24.3 Å². The molecule has 9 rings (SSSR count). The predicted molar refractivity (Wildman–Crippen MR) is 195 cm³/mol. The molecule has 6 atom stereocenters. The number of allylic oxidation sites excluding steroid dienone is 2. The summed E-state index contributed by atoms with van der Waals surface area (Å²) in [5.41, 5.74) is 2.86. The Morgan fingerprint density at radius 2 is 1.31 bits per heavy atom. The van der Waals surface area contributed by atoms with Crippen molar-refractivity contribution in [3.05, 3.63) is 139 Å². The standard InChI is InChI=1S/C43H35N3O5/c1-43-35(40(49)46(42(43)51)28-13-6-3-7-14-28)24-34-31(37(43)33-21-16-25-10-8-9-15-30(25)38(33)47)22-23-32-36(34)41(50)45(39(32)48)29-19-17-27(18-20-29)44-26-11-4-2-5-12-26/h2-22,32,34-37,44,47H,23-24H2,1H3. The lowest BCUT2D eigenvalue weighted by Crippen LogP contribution is -2.48. The molecule has 8 nitrogen and oxygen atoms in total. The lowest BCUT2D eigenvalue weighted by atomic mass is 9.51. The van der Waals surface area contributed by atoms with Crippen LogP contribution in [0.4, 0.5) is 22.7 Å². The smallest absolute Gasteiger partial charge is 0.241 e. The van der Waals surface area contributed by atoms with E-state index in [9.17, 15) is 24.3 Å². The molecule has 2 heterocycles. The predicted octanol–water partition coefficient (Wildman–Crippen LogP) is 7.72. The number of fused-ring (bicyclic) bond motifs is 5. The third-order valence-corrected chi connectivity index (χ3v) is 11.7. The molecule has 252 valence electrons. The number of rotatable bonds is 5. The highest BCUT2D eigenvalue weighted by Gasteiger charge is 2.68. The van der Waals surface area contributed by atoms with Gasteiger partial charge >= 0.3 is 0 Å². The van der Waals surface area contributed by atoms with Crippen molar-refractivity contribution in [2.45, 2.75) is 25.7 Å². The van der Waals surface area contributed by atoms with Gasteiger partial charge in [0.1, 0.15) is 5.75 Å². The monoisotopic (exact) mass is 673 g/mol. The molecule has 0 bridgehead atoms. The number of para-hydroxylation sites is 2. The van der Waals surface area contributed by atoms with Crippen LogP contribution in [0.15, 0.2) is 133 Å². The fourth-order valence-electron chi connectivity index (χ4n) is 9.32. The second-order valence-electron chi connectivity index (χ2n) is 14.3. The van der Waals surface area contributed by atoms with Gasteiger partial charge in [0, 0.05) is 28.2 Å². The van der Waals surface area contributed by atoms with Gasteiger partial charge in [-0.2, -0.15) is 0 Å². The van der Waals surface area contributed by atoms with Gasteiger partial charge in [-0.1, -0.05) is 84.4 Å². The summed E-state index contributed by atoms with van der Waals surface area (Å²) in [6, 6.07) is 37.2. The zero-order valence-corrected chi connectivity index (χ0v) is 27.9. The van der Waals surface area contributed by atoms with Crippen molar-refractivity contribution in [1.82, 2.24) is 0 Å². The van der Waals surface area contributed by atoms with Gasteiger partial charge in [-0.25, -0.2) is 4.90 Å². The number of phenolic OH excluding ortho intramolecular Hbond substituents is 1. The average molecular weight is 674 g/mol. The first-order valence-corrected chi connectivity index (χ1v) is 17.4. The zero-order chi connectivity index (χ0) is 35.0. The maximum atomic E-state index is 14.7. The van der Waals surface area contributed by atoms with Crippen LogP contribution in [0, 0.1) is 29.1 Å². The molecule has 0 aromatic heterocycles. The Hall–Kier alpha value is -6.02. The fourth-order valence-corrected chi connectivity index (χ4v) is 9.32. The van der Waals surface area contributed by atoms with E-state index in [1.165, 1.54) is 9.80 Å². The summed E-state index contributed by atoms with van der Waals surface area (Å²) in [6.07, 6.45) is 2.58. The van der Waals surface area contributed by atoms with Crippen LogP contribution in [0.3, 0.4) is 0 Å². The summed E-state index contributed by atoms with van der Waals surface area (Å²) < 4.78 is 0. The van der Waals surface area contributed by atoms with Crippen LogP contribution in [0.5, 0.6) is 5.75 Å². The quantitative estimate of drug-likeness (QED) is 0.146. The lowest BCUT2D eigenvalue weighted by Gasteiger charge is -2.49. The molecule has 6 unspecified atom stereocenters. The number of imide groups is 2. The van der Waals surface area contributed by atoms with Crippen molar-refractivity contribution in [2.75, 3.05) is 15.1 Å². The topological polar surface area (TPSA) is 107 Å². The summed E-state index contributed by atoms with van der Waals surface area (Å²) in [5.74, 6) is -4.42. The third kappa shape index (κ3) is 4.52. The second-order valence-corrected chi connectivity index (χ2v) is 14.3. The van der Waals surface area contributed by atoms with Crippen LogP contribution >= 0.6 is 0 Å². The molecule has 5 aromatic rings. The van der Waals surface area contributed by atoms with E-state index in [1.54, 1.807) is 36.4 Å². The first kappa shape index (κ1) is 31.0. The van der Waals surface area contributed by atoms with Crippen LogP contribution in [0.25, 0.3) is 10.8 Å². The molecular weight excluding hydrogens is 638 g/mol. The largest absolute Gasteiger partial charge is 0.507 e. The highest BCUT2D eigenvalue weighted by atomic mass is 16.3. The van der Waals surface area contributed by atoms with E-state index < -0.39 is 35.0 Å². The highest BCUT2D eigenvalue weighted by molar-refractivity contribution is 6.25. The van der Waals surface area contributed by atoms with Crippen LogP contribution in [-0.2, 0) is 19.2 Å². The number of phenols is 1. The van der Waals surface area contributed by atoms with Gasteiger partial charge in [0.05, 0.1) is 34.5 Å². The van der Waals surface area contributed by atoms with Gasteiger partial charge in [0.25, 0.3) is 0 Å². The zero-order valence-electron chi connectivity index (χ0n) is 27.9. The minimum absolute atomic E-state index is 0.0554. The van der Waals surface area contributed by atoms with Gasteiger partial charge < -0.3 is 10.4 Å². The number of nitrogens with zero attached hydrogens (tertiary/aromatic N) is 2. The number of carbonyl (C=O) groups is 4. The summed E-state index contributed by atoms with van der Waals surface area (Å²) >= 11 is 0. The Kier molecular flexibility index (Phi) is 7.00. The number of hydrogen-bond acceptors (Lipinski definition) is 6. The number of nitrogens with one attached hydrogen (secondary N) is 1. The van der Waals surface area contributed by atoms with E-state index in [2.05, 4.69) is 5.32 Å². The Labute approximate surface area is 295 Å². The number of anilines is 4. The van der Waals surface area contributed by atoms with Gasteiger partial charge in [0.15, 0.2) is 0 Å². The first-order chi connectivity index (χ1) is 24.8. The van der Waals surface area contributed by atoms with Crippen molar-refractivity contribution in [3.63, 3.8) is 0 Å². The Morgan fingerprint density at radius 3 is 2.06 bits per heavy atom. The fraction of sp³-hybridized carbons (Fsp3) is 0.209. The van der Waals surface area contributed by atoms with E-state index in [0.717, 1.165) is 22.3 Å². The van der Waals surface area contributed by atoms with Crippen LogP contribution in [-0.4, -0.2) is 28.7 Å². The second kappa shape index (κ2) is 11.5. The minimum atomic E-state index is -1.24. The number of benzene rings is 5. The molecule has 0 radical (unpaired) electrons. The van der Waals surface area contributed by atoms with Gasteiger partial charge in [-0.15, -0.1) is 0 Å². The molecule has 5 aromatic carbocycles. The molecule has 51 heavy (non-hydrogen) atoms. The van der Waals surface area contributed by atoms with Crippen LogP contribution < -0.4 is 15.1 Å². The first-order valence-electron chi connectivity index (χ1n) is 17.4. The summed E-state index contributed by atoms with van der Waals surface area (Å²) in [6.45, 7) is 1.84. The highest BCUT2D eigenvalue weighted by Crippen LogP contribution is 2.64. The molecule has 4 amide bonds. The SMILES string of the molecule is CC12C(=O)N(c3ccccc3)C(=O)C1CC1C(=CCC3C(=O)N(c4ccc(Nc5ccccc5)cc4)C(=O)C31)C2c1ccc2ccccc2c1O. The van der Waals surface area contributed by atoms with E-state index >= 15 is 0 Å². The van der Waals surface area contributed by atoms with Crippen molar-refractivity contribution >= 4 is 57.2 Å². The van der Waals surface area contributed by atoms with Crippen molar-refractivity contribution in [2.24, 2.45) is 29.1 Å². The third-order valence-electron chi connectivity index (χ3n) is 11.7. The Bertz CT molecular complexity index is 2290. The van der Waals surface area contributed by atoms with E-state index in [1.807, 2.05) is 97.9 Å². The van der Waals surface area contributed by atoms with Gasteiger partial charge in [-0.05, 0) is 79.6 Å². The van der Waals surface area contributed by atoms with Crippen LogP contribution in [0.1, 0.15) is 31.2 Å². The van der Waals surface area contributed by atoms with Crippen molar-refractivity contribution in [1.29, 1.82) is 0 Å². The molecule has 2 aliphatic carbocycles. The summed E-state index contributed by atoms with van der Waals surface area (Å²) in [4.78, 5) is 60.3. The maximum absolute atomic E-state index is 14.7. The van der Waals surface area contributed by atoms with Crippen molar-refractivity contribution in [3.8, 4) is 5.75 Å². The summed E-state index contributed by atoms with van der Waals surface area (Å²) in [5, 5.41) is 16.7. The molecule has 2 N–H and O–H groups in total. The minimum Gasteiger partial charge on any atom is -0.507 e. The lowest BCUT2D eigenvalue weighted by molar-refractivity contribution is -0.131.